The summed E-state index contributed by atoms with van der Waals surface area (Å²) in [5, 5.41) is 40.4. The van der Waals surface area contributed by atoms with E-state index in [9.17, 15) is 0 Å². The zero-order valence-electron chi connectivity index (χ0n) is 6.99. The topological polar surface area (TPSA) is 106 Å². The molecule has 14 heavy (non-hydrogen) atoms. The molecule has 0 atom stereocenters. The van der Waals surface area contributed by atoms with Crippen LogP contribution < -0.4 is 0 Å². The molecule has 6 heteroatoms. The summed E-state index contributed by atoms with van der Waals surface area (Å²) in [7, 11) is 0. The van der Waals surface area contributed by atoms with E-state index in [0.29, 0.717) is 5.56 Å². The Labute approximate surface area is 79.0 Å². The second kappa shape index (κ2) is 4.13. The molecule has 0 saturated carbocycles. The Morgan fingerprint density at radius 3 is 2.36 bits per heavy atom. The molecule has 4 N–H and O–H groups in total. The molecule has 0 radical (unpaired) electrons. The molecule has 6 nitrogen and oxygen atoms in total. The van der Waals surface area contributed by atoms with Crippen molar-refractivity contribution < 1.29 is 20.6 Å². The monoisotopic (exact) mass is 196 g/mol. The van der Waals surface area contributed by atoms with Crippen molar-refractivity contribution >= 4 is 11.9 Å². The van der Waals surface area contributed by atoms with Crippen molar-refractivity contribution in [2.45, 2.75) is 0 Å². The van der Waals surface area contributed by atoms with E-state index in [0.717, 1.165) is 6.21 Å². The van der Waals surface area contributed by atoms with Gasteiger partial charge in [-0.2, -0.15) is 0 Å². The number of benzene rings is 1. The molecule has 0 aromatic heterocycles. The Morgan fingerprint density at radius 1 is 1.14 bits per heavy atom. The van der Waals surface area contributed by atoms with E-state index in [1.54, 1.807) is 0 Å². The lowest BCUT2D eigenvalue weighted by Gasteiger charge is -2.00. The van der Waals surface area contributed by atoms with Gasteiger partial charge in [-0.05, 0) is 18.2 Å². The smallest absolute Gasteiger partial charge is 0.158 e. The predicted molar refractivity (Wildman–Crippen MR) is 48.4 cm³/mol. The summed E-state index contributed by atoms with van der Waals surface area (Å²) in [4.78, 5) is 0. The number of phenols is 2. The quantitative estimate of drug-likeness (QED) is 0.242. The van der Waals surface area contributed by atoms with Gasteiger partial charge in [-0.1, -0.05) is 10.3 Å². The molecule has 0 spiro atoms. The molecule has 1 aromatic carbocycles. The molecule has 0 bridgehead atoms. The van der Waals surface area contributed by atoms with E-state index in [1.165, 1.54) is 18.2 Å². The van der Waals surface area contributed by atoms with Crippen molar-refractivity contribution in [3.05, 3.63) is 23.8 Å². The third-order valence-corrected chi connectivity index (χ3v) is 1.56. The minimum absolute atomic E-state index is 0.0391. The number of aromatic hydroxyl groups is 2. The van der Waals surface area contributed by atoms with E-state index in [2.05, 4.69) is 10.3 Å². The Kier molecular flexibility index (Phi) is 2.90. The van der Waals surface area contributed by atoms with Crippen LogP contribution in [0.5, 0.6) is 11.5 Å². The fourth-order valence-corrected chi connectivity index (χ4v) is 0.896. The normalized spacial score (nSPS) is 12.1. The van der Waals surface area contributed by atoms with Crippen LogP contribution >= 0.6 is 0 Å². The second-order valence-electron chi connectivity index (χ2n) is 2.43. The summed E-state index contributed by atoms with van der Waals surface area (Å²) in [5.74, 6) is -0.637. The Balaban J connectivity index is 3.13. The molecule has 0 heterocycles. The van der Waals surface area contributed by atoms with Crippen molar-refractivity contribution in [2.75, 3.05) is 0 Å². The Morgan fingerprint density at radius 2 is 1.86 bits per heavy atom. The van der Waals surface area contributed by atoms with Gasteiger partial charge in [-0.25, -0.2) is 0 Å². The minimum atomic E-state index is -0.352. The van der Waals surface area contributed by atoms with Gasteiger partial charge in [-0.15, -0.1) is 0 Å². The number of oxime groups is 2. The lowest BCUT2D eigenvalue weighted by Crippen LogP contribution is -2.02. The average Bonchev–Trinajstić information content (AvgIpc) is 2.19. The first kappa shape index (κ1) is 9.85. The minimum Gasteiger partial charge on any atom is -0.504 e. The van der Waals surface area contributed by atoms with E-state index in [-0.39, 0.29) is 17.2 Å². The third-order valence-electron chi connectivity index (χ3n) is 1.56. The van der Waals surface area contributed by atoms with Gasteiger partial charge in [0.25, 0.3) is 0 Å². The summed E-state index contributed by atoms with van der Waals surface area (Å²) in [5.41, 5.74) is 0.267. The number of nitrogens with zero attached hydrogens (tertiary/aromatic N) is 2. The molecule has 0 aliphatic carbocycles. The number of rotatable bonds is 2. The van der Waals surface area contributed by atoms with Crippen LogP contribution in [0.4, 0.5) is 0 Å². The van der Waals surface area contributed by atoms with Gasteiger partial charge in [0.2, 0.25) is 0 Å². The lowest BCUT2D eigenvalue weighted by molar-refractivity contribution is 0.316. The maximum Gasteiger partial charge on any atom is 0.158 e. The highest BCUT2D eigenvalue weighted by molar-refractivity contribution is 6.37. The van der Waals surface area contributed by atoms with Gasteiger partial charge in [0.1, 0.15) is 5.71 Å². The highest BCUT2D eigenvalue weighted by atomic mass is 16.4. The first-order valence-corrected chi connectivity index (χ1v) is 3.61. The van der Waals surface area contributed by atoms with Crippen LogP contribution in [0.1, 0.15) is 5.56 Å². The molecule has 0 unspecified atom stereocenters. The summed E-state index contributed by atoms with van der Waals surface area (Å²) in [6, 6.07) is 3.79. The number of hydrogen-bond acceptors (Lipinski definition) is 6. The van der Waals surface area contributed by atoms with Crippen molar-refractivity contribution in [1.29, 1.82) is 0 Å². The van der Waals surface area contributed by atoms with Crippen LogP contribution in [-0.4, -0.2) is 32.6 Å². The van der Waals surface area contributed by atoms with Crippen LogP contribution in [0, 0.1) is 0 Å². The summed E-state index contributed by atoms with van der Waals surface area (Å²) in [6.07, 6.45) is 0.895. The molecule has 74 valence electrons. The lowest BCUT2D eigenvalue weighted by atomic mass is 10.1. The number of hydrogen-bond donors (Lipinski definition) is 4. The van der Waals surface area contributed by atoms with Crippen LogP contribution in [0.15, 0.2) is 28.5 Å². The van der Waals surface area contributed by atoms with Gasteiger partial charge < -0.3 is 20.6 Å². The zero-order valence-corrected chi connectivity index (χ0v) is 6.99. The largest absolute Gasteiger partial charge is 0.504 e. The fourth-order valence-electron chi connectivity index (χ4n) is 0.896. The van der Waals surface area contributed by atoms with Crippen LogP contribution in [0.3, 0.4) is 0 Å². The van der Waals surface area contributed by atoms with E-state index < -0.39 is 0 Å². The molecule has 0 saturated heterocycles. The molecule has 0 amide bonds. The molecule has 1 aromatic rings. The van der Waals surface area contributed by atoms with Crippen LogP contribution in [0.25, 0.3) is 0 Å². The third kappa shape index (κ3) is 1.92. The average molecular weight is 196 g/mol. The van der Waals surface area contributed by atoms with Gasteiger partial charge in [0.05, 0.1) is 6.21 Å². The molecular formula is C8H8N2O4. The first-order chi connectivity index (χ1) is 6.69. The van der Waals surface area contributed by atoms with Gasteiger partial charge >= 0.3 is 0 Å². The van der Waals surface area contributed by atoms with Crippen molar-refractivity contribution in [2.24, 2.45) is 10.3 Å². The SMILES string of the molecule is ON=CC(=NO)c1ccc(O)c(O)c1. The summed E-state index contributed by atoms with van der Waals surface area (Å²) >= 11 is 0. The summed E-state index contributed by atoms with van der Waals surface area (Å²) in [6.45, 7) is 0. The fraction of sp³-hybridized carbons (Fsp3) is 0. The van der Waals surface area contributed by atoms with Crippen LogP contribution in [-0.2, 0) is 0 Å². The highest BCUT2D eigenvalue weighted by Crippen LogP contribution is 2.24. The Bertz CT molecular complexity index is 387. The van der Waals surface area contributed by atoms with Crippen molar-refractivity contribution in [1.82, 2.24) is 0 Å². The molecule has 0 aliphatic rings. The predicted octanol–water partition coefficient (Wildman–Crippen LogP) is 0.736. The molecule has 0 fully saturated rings. The second-order valence-corrected chi connectivity index (χ2v) is 2.43. The van der Waals surface area contributed by atoms with Crippen molar-refractivity contribution in [3.8, 4) is 11.5 Å². The number of phenolic OH excluding ortho intramolecular Hbond substituents is 2. The molecule has 0 aliphatic heterocycles. The maximum atomic E-state index is 9.12. The van der Waals surface area contributed by atoms with E-state index >= 15 is 0 Å². The first-order valence-electron chi connectivity index (χ1n) is 3.61. The zero-order chi connectivity index (χ0) is 10.6. The van der Waals surface area contributed by atoms with E-state index in [1.807, 2.05) is 0 Å². The van der Waals surface area contributed by atoms with Gasteiger partial charge in [-0.3, -0.25) is 0 Å². The van der Waals surface area contributed by atoms with Crippen molar-refractivity contribution in [3.63, 3.8) is 0 Å². The van der Waals surface area contributed by atoms with Gasteiger partial charge in [0, 0.05) is 5.56 Å². The molecular weight excluding hydrogens is 188 g/mol. The standard InChI is InChI=1S/C8H8N2O4/c11-7-2-1-5(3-8(7)12)6(10-14)4-9-13/h1-4,11-14H. The summed E-state index contributed by atoms with van der Waals surface area (Å²) < 4.78 is 0. The highest BCUT2D eigenvalue weighted by Gasteiger charge is 2.05. The van der Waals surface area contributed by atoms with E-state index in [4.69, 9.17) is 20.6 Å². The van der Waals surface area contributed by atoms with Gasteiger partial charge in [0.15, 0.2) is 11.5 Å². The Hall–Kier alpha value is -2.24. The molecule has 1 rings (SSSR count). The maximum absolute atomic E-state index is 9.12. The van der Waals surface area contributed by atoms with Crippen LogP contribution in [0.2, 0.25) is 0 Å².